The van der Waals surface area contributed by atoms with E-state index in [1.807, 2.05) is 39.1 Å². The van der Waals surface area contributed by atoms with E-state index in [0.29, 0.717) is 37.3 Å². The quantitative estimate of drug-likeness (QED) is 0.671. The fraction of sp³-hybridized carbons (Fsp3) is 0.760. The predicted octanol–water partition coefficient (Wildman–Crippen LogP) is 3.54. The molecule has 186 valence electrons. The summed E-state index contributed by atoms with van der Waals surface area (Å²) in [6.45, 7) is 15.3. The molecule has 33 heavy (non-hydrogen) atoms. The zero-order valence-electron chi connectivity index (χ0n) is 21.0. The highest BCUT2D eigenvalue weighted by molar-refractivity contribution is 5.92. The lowest BCUT2D eigenvalue weighted by Crippen LogP contribution is -2.49. The molecule has 8 heteroatoms. The summed E-state index contributed by atoms with van der Waals surface area (Å²) in [5.74, 6) is 0.533. The van der Waals surface area contributed by atoms with Crippen molar-refractivity contribution in [3.8, 4) is 0 Å². The molecule has 2 fully saturated rings. The Morgan fingerprint density at radius 3 is 2.42 bits per heavy atom. The van der Waals surface area contributed by atoms with Crippen molar-refractivity contribution >= 4 is 12.0 Å². The first-order valence-corrected chi connectivity index (χ1v) is 12.4. The van der Waals surface area contributed by atoms with Gasteiger partial charge >= 0.3 is 6.09 Å². The van der Waals surface area contributed by atoms with E-state index < -0.39 is 5.60 Å². The molecule has 1 atom stereocenters. The van der Waals surface area contributed by atoms with Crippen LogP contribution >= 0.6 is 0 Å². The summed E-state index contributed by atoms with van der Waals surface area (Å²) >= 11 is 0. The highest BCUT2D eigenvalue weighted by Gasteiger charge is 2.29. The van der Waals surface area contributed by atoms with Crippen molar-refractivity contribution in [1.29, 1.82) is 0 Å². The largest absolute Gasteiger partial charge is 0.444 e. The molecular weight excluding hydrogens is 420 g/mol. The van der Waals surface area contributed by atoms with Gasteiger partial charge in [0.2, 0.25) is 0 Å². The SMILES string of the molecule is CC(C)CC(CNC(=O)c1cccn1C1CCN(C(=O)OC(C)(C)C)CC1)N1CCOCC1. The fourth-order valence-corrected chi connectivity index (χ4v) is 4.71. The fourth-order valence-electron chi connectivity index (χ4n) is 4.71. The van der Waals surface area contributed by atoms with Gasteiger partial charge in [0.05, 0.1) is 13.2 Å². The van der Waals surface area contributed by atoms with Crippen molar-refractivity contribution in [1.82, 2.24) is 19.7 Å². The number of aromatic nitrogens is 1. The standard InChI is InChI=1S/C25H42N4O4/c1-19(2)17-21(27-13-15-32-16-14-27)18-26-23(30)22-7-6-10-29(22)20-8-11-28(12-9-20)24(31)33-25(3,4)5/h6-7,10,19-21H,8-9,11-18H2,1-5H3,(H,26,30). The van der Waals surface area contributed by atoms with Crippen molar-refractivity contribution in [2.24, 2.45) is 5.92 Å². The average Bonchev–Trinajstić information content (AvgIpc) is 3.26. The molecule has 1 aromatic heterocycles. The number of nitrogens with zero attached hydrogens (tertiary/aromatic N) is 3. The topological polar surface area (TPSA) is 76.0 Å². The number of amides is 2. The minimum Gasteiger partial charge on any atom is -0.444 e. The van der Waals surface area contributed by atoms with Gasteiger partial charge in [-0.25, -0.2) is 4.79 Å². The third kappa shape index (κ3) is 7.47. The minimum absolute atomic E-state index is 0.0309. The Kier molecular flexibility index (Phi) is 8.82. The van der Waals surface area contributed by atoms with Gasteiger partial charge in [-0.2, -0.15) is 0 Å². The van der Waals surface area contributed by atoms with Crippen molar-refractivity contribution in [2.45, 2.75) is 71.6 Å². The van der Waals surface area contributed by atoms with Crippen LogP contribution in [0.15, 0.2) is 18.3 Å². The molecule has 1 N–H and O–H groups in total. The van der Waals surface area contributed by atoms with Crippen LogP contribution in [0.5, 0.6) is 0 Å². The monoisotopic (exact) mass is 462 g/mol. The molecule has 1 aromatic rings. The smallest absolute Gasteiger partial charge is 0.410 e. The molecule has 2 aliphatic heterocycles. The van der Waals surface area contributed by atoms with Crippen molar-refractivity contribution < 1.29 is 19.1 Å². The third-order valence-electron chi connectivity index (χ3n) is 6.32. The van der Waals surface area contributed by atoms with Gasteiger partial charge in [0, 0.05) is 51.0 Å². The van der Waals surface area contributed by atoms with Gasteiger partial charge in [-0.05, 0) is 58.1 Å². The number of rotatable bonds is 7. The maximum atomic E-state index is 13.1. The summed E-state index contributed by atoms with van der Waals surface area (Å²) in [7, 11) is 0. The summed E-state index contributed by atoms with van der Waals surface area (Å²) in [6.07, 6.45) is 4.38. The molecule has 0 aromatic carbocycles. The van der Waals surface area contributed by atoms with Gasteiger partial charge in [0.1, 0.15) is 11.3 Å². The Bertz CT molecular complexity index is 772. The Labute approximate surface area is 198 Å². The molecule has 0 spiro atoms. The number of piperidine rings is 1. The Morgan fingerprint density at radius 2 is 1.82 bits per heavy atom. The lowest BCUT2D eigenvalue weighted by Gasteiger charge is -2.36. The van der Waals surface area contributed by atoms with Crippen LogP contribution in [0, 0.1) is 5.92 Å². The molecule has 2 aliphatic rings. The number of ether oxygens (including phenoxy) is 2. The van der Waals surface area contributed by atoms with E-state index in [0.717, 1.165) is 45.6 Å². The summed E-state index contributed by atoms with van der Waals surface area (Å²) in [5.41, 5.74) is 0.199. The second-order valence-corrected chi connectivity index (χ2v) is 10.6. The lowest BCUT2D eigenvalue weighted by atomic mass is 10.0. The molecular formula is C25H42N4O4. The number of hydrogen-bond donors (Lipinski definition) is 1. The van der Waals surface area contributed by atoms with E-state index >= 15 is 0 Å². The van der Waals surface area contributed by atoms with Crippen molar-refractivity contribution in [3.05, 3.63) is 24.0 Å². The molecule has 2 amide bonds. The minimum atomic E-state index is -0.492. The molecule has 0 saturated carbocycles. The number of nitrogens with one attached hydrogen (secondary N) is 1. The molecule has 0 aliphatic carbocycles. The van der Waals surface area contributed by atoms with Crippen molar-refractivity contribution in [3.63, 3.8) is 0 Å². The number of likely N-dealkylation sites (tertiary alicyclic amines) is 1. The Balaban J connectivity index is 1.56. The van der Waals surface area contributed by atoms with Crippen LogP contribution in [0.4, 0.5) is 4.79 Å². The molecule has 0 bridgehead atoms. The lowest BCUT2D eigenvalue weighted by molar-refractivity contribution is 0.0124. The maximum Gasteiger partial charge on any atom is 0.410 e. The zero-order chi connectivity index (χ0) is 24.0. The zero-order valence-corrected chi connectivity index (χ0v) is 21.0. The number of morpholine rings is 1. The summed E-state index contributed by atoms with van der Waals surface area (Å²) in [6, 6.07) is 4.34. The van der Waals surface area contributed by atoms with E-state index in [2.05, 4.69) is 28.6 Å². The molecule has 3 rings (SSSR count). The predicted molar refractivity (Wildman–Crippen MR) is 128 cm³/mol. The number of carbonyl (C=O) groups is 2. The van der Waals surface area contributed by atoms with Gasteiger partial charge in [-0.1, -0.05) is 13.8 Å². The molecule has 2 saturated heterocycles. The van der Waals surface area contributed by atoms with Gasteiger partial charge in [-0.15, -0.1) is 0 Å². The van der Waals surface area contributed by atoms with Gasteiger partial charge in [0.25, 0.3) is 5.91 Å². The number of hydrogen-bond acceptors (Lipinski definition) is 5. The third-order valence-corrected chi connectivity index (χ3v) is 6.32. The second-order valence-electron chi connectivity index (χ2n) is 10.6. The molecule has 3 heterocycles. The highest BCUT2D eigenvalue weighted by Crippen LogP contribution is 2.26. The van der Waals surface area contributed by atoms with Crippen LogP contribution in [-0.2, 0) is 9.47 Å². The average molecular weight is 463 g/mol. The van der Waals surface area contributed by atoms with E-state index in [4.69, 9.17) is 9.47 Å². The normalized spacial score (nSPS) is 19.5. The molecule has 1 unspecified atom stereocenters. The number of carbonyl (C=O) groups excluding carboxylic acids is 2. The van der Waals surface area contributed by atoms with Crippen molar-refractivity contribution in [2.75, 3.05) is 45.9 Å². The van der Waals surface area contributed by atoms with Gasteiger partial charge < -0.3 is 24.3 Å². The van der Waals surface area contributed by atoms with Crippen LogP contribution in [0.1, 0.15) is 70.4 Å². The van der Waals surface area contributed by atoms with Crippen LogP contribution in [0.3, 0.4) is 0 Å². The maximum absolute atomic E-state index is 13.1. The van der Waals surface area contributed by atoms with Crippen LogP contribution < -0.4 is 5.32 Å². The second kappa shape index (κ2) is 11.4. The molecule has 8 nitrogen and oxygen atoms in total. The first-order valence-electron chi connectivity index (χ1n) is 12.4. The first kappa shape index (κ1) is 25.6. The van der Waals surface area contributed by atoms with Crippen LogP contribution in [0.2, 0.25) is 0 Å². The Morgan fingerprint density at radius 1 is 1.15 bits per heavy atom. The summed E-state index contributed by atoms with van der Waals surface area (Å²) in [5, 5.41) is 3.19. The van der Waals surface area contributed by atoms with E-state index in [9.17, 15) is 9.59 Å². The van der Waals surface area contributed by atoms with E-state index in [1.54, 1.807) is 4.90 Å². The summed E-state index contributed by atoms with van der Waals surface area (Å²) in [4.78, 5) is 29.7. The van der Waals surface area contributed by atoms with Crippen LogP contribution in [-0.4, -0.2) is 83.9 Å². The Hall–Kier alpha value is -2.06. The first-order chi connectivity index (χ1) is 15.6. The van der Waals surface area contributed by atoms with Gasteiger partial charge in [-0.3, -0.25) is 9.69 Å². The van der Waals surface area contributed by atoms with E-state index in [1.165, 1.54) is 0 Å². The summed E-state index contributed by atoms with van der Waals surface area (Å²) < 4.78 is 13.1. The highest BCUT2D eigenvalue weighted by atomic mass is 16.6. The van der Waals surface area contributed by atoms with Gasteiger partial charge in [0.15, 0.2) is 0 Å². The van der Waals surface area contributed by atoms with E-state index in [-0.39, 0.29) is 18.0 Å². The van der Waals surface area contributed by atoms with Crippen LogP contribution in [0.25, 0.3) is 0 Å². The molecule has 0 radical (unpaired) electrons.